The van der Waals surface area contributed by atoms with E-state index in [1.54, 1.807) is 36.4 Å². The summed E-state index contributed by atoms with van der Waals surface area (Å²) in [7, 11) is -4.03. The minimum absolute atomic E-state index is 0. The predicted molar refractivity (Wildman–Crippen MR) is 204 cm³/mol. The van der Waals surface area contributed by atoms with E-state index < -0.39 is 10.0 Å². The van der Waals surface area contributed by atoms with Gasteiger partial charge in [-0.3, -0.25) is 9.10 Å². The molecule has 14 nitrogen and oxygen atoms in total. The Bertz CT molecular complexity index is 1830. The zero-order valence-electron chi connectivity index (χ0n) is 28.2. The van der Waals surface area contributed by atoms with E-state index in [0.29, 0.717) is 49.5 Å². The molecule has 3 heterocycles. The second kappa shape index (κ2) is 17.3. The molecule has 2 saturated heterocycles. The number of primary amides is 1. The number of carbonyl (C=O) groups is 1. The Balaban J connectivity index is 0.00000270. The molecule has 0 saturated carbocycles. The number of nitrogens with two attached hydrogens (primary N) is 1. The normalized spacial score (nSPS) is 14.8. The van der Waals surface area contributed by atoms with E-state index in [1.807, 2.05) is 42.2 Å². The van der Waals surface area contributed by atoms with Crippen molar-refractivity contribution in [1.29, 1.82) is 0 Å². The maximum atomic E-state index is 13.9. The van der Waals surface area contributed by atoms with Gasteiger partial charge in [-0.25, -0.2) is 8.42 Å². The molecule has 1 amide bonds. The summed E-state index contributed by atoms with van der Waals surface area (Å²) >= 11 is 0. The number of aromatic nitrogens is 3. The fraction of sp³-hybridized carbons (Fsp3) is 0.353. The zero-order valence-corrected chi connectivity index (χ0v) is 29.9. The number of benzene rings is 3. The Morgan fingerprint density at radius 1 is 0.900 bits per heavy atom. The van der Waals surface area contributed by atoms with Crippen molar-refractivity contribution in [2.75, 3.05) is 45.6 Å². The van der Waals surface area contributed by atoms with Crippen LogP contribution in [-0.4, -0.2) is 60.6 Å². The monoisotopic (exact) mass is 730 g/mol. The summed E-state index contributed by atoms with van der Waals surface area (Å²) in [5, 5.41) is 14.5. The van der Waals surface area contributed by atoms with E-state index >= 15 is 0 Å². The van der Waals surface area contributed by atoms with Gasteiger partial charge in [0.25, 0.3) is 10.0 Å². The number of amides is 1. The Hall–Kier alpha value is -4.70. The van der Waals surface area contributed by atoms with Gasteiger partial charge < -0.3 is 38.3 Å². The van der Waals surface area contributed by atoms with E-state index in [4.69, 9.17) is 20.7 Å². The van der Waals surface area contributed by atoms with E-state index in [1.165, 1.54) is 10.4 Å². The van der Waals surface area contributed by atoms with E-state index in [0.717, 1.165) is 43.5 Å². The number of aromatic hydroxyl groups is 1. The zero-order chi connectivity index (χ0) is 33.0. The topological polar surface area (TPSA) is 228 Å². The highest BCUT2D eigenvalue weighted by atomic mass is 35.5. The number of aryl methyl sites for hydroxylation is 1. The van der Waals surface area contributed by atoms with Crippen LogP contribution in [0.4, 0.5) is 29.2 Å². The standard InChI is InChI=1S/C34H40N8O4S.ClH.2H3N.2H2/c1-24-10-13-28(14-11-24)47(45,46)42(23-25-8-4-2-5-9-25)29-15-12-27(22-30(29)43)36-32-37-33(40-18-6-3-7-19-40)39-34(38-32)41-20-16-26(17-21-41)31(35)44;;;;;/h2,4-5,8-15,22,26,43H,3,6-7,16-21,23H2,1H3,(H2,35,44)(H,36,37,38,39);1H;2*1H3;2*1H. The molecule has 16 heteroatoms. The molecule has 0 aliphatic carbocycles. The average Bonchev–Trinajstić information content (AvgIpc) is 3.08. The molecular weight excluding hydrogens is 680 g/mol. The molecule has 274 valence electrons. The molecule has 2 aliphatic rings. The number of nitrogens with one attached hydrogen (secondary N) is 1. The molecule has 0 spiro atoms. The molecule has 0 bridgehead atoms. The Labute approximate surface area is 302 Å². The minimum atomic E-state index is -4.03. The summed E-state index contributed by atoms with van der Waals surface area (Å²) in [4.78, 5) is 30.3. The third-order valence-corrected chi connectivity index (χ3v) is 10.5. The van der Waals surface area contributed by atoms with Crippen LogP contribution in [0.1, 0.15) is 46.1 Å². The third-order valence-electron chi connectivity index (χ3n) is 8.71. The minimum Gasteiger partial charge on any atom is -0.506 e. The van der Waals surface area contributed by atoms with Crippen LogP contribution in [0.25, 0.3) is 0 Å². The summed E-state index contributed by atoms with van der Waals surface area (Å²) in [5.74, 6) is 0.700. The van der Waals surface area contributed by atoms with Gasteiger partial charge in [-0.2, -0.15) is 15.0 Å². The largest absolute Gasteiger partial charge is 0.506 e. The van der Waals surface area contributed by atoms with Gasteiger partial charge in [-0.05, 0) is 68.9 Å². The maximum absolute atomic E-state index is 13.9. The molecule has 2 fully saturated rings. The van der Waals surface area contributed by atoms with Gasteiger partial charge in [0.15, 0.2) is 0 Å². The van der Waals surface area contributed by atoms with Crippen molar-refractivity contribution in [3.05, 3.63) is 83.9 Å². The number of phenolic OH excluding ortho intramolecular Hbond substituents is 1. The van der Waals surface area contributed by atoms with Crippen molar-refractivity contribution in [2.45, 2.75) is 50.5 Å². The van der Waals surface area contributed by atoms with Crippen LogP contribution in [0.5, 0.6) is 5.75 Å². The quantitative estimate of drug-likeness (QED) is 0.127. The number of rotatable bonds is 10. The van der Waals surface area contributed by atoms with Crippen molar-refractivity contribution in [1.82, 2.24) is 27.3 Å². The van der Waals surface area contributed by atoms with Gasteiger partial charge >= 0.3 is 0 Å². The van der Waals surface area contributed by atoms with E-state index in [-0.39, 0.29) is 62.3 Å². The van der Waals surface area contributed by atoms with Crippen LogP contribution >= 0.6 is 12.4 Å². The van der Waals surface area contributed by atoms with Gasteiger partial charge in [-0.1, -0.05) is 48.0 Å². The van der Waals surface area contributed by atoms with Gasteiger partial charge in [0.05, 0.1) is 17.1 Å². The number of carbonyl (C=O) groups excluding carboxylic acids is 1. The molecule has 1 aromatic heterocycles. The first kappa shape index (κ1) is 39.7. The van der Waals surface area contributed by atoms with Gasteiger partial charge in [-0.15, -0.1) is 12.4 Å². The summed E-state index contributed by atoms with van der Waals surface area (Å²) < 4.78 is 29.1. The molecule has 3 aromatic carbocycles. The van der Waals surface area contributed by atoms with Crippen molar-refractivity contribution in [3.63, 3.8) is 0 Å². The summed E-state index contributed by atoms with van der Waals surface area (Å²) in [6.07, 6.45) is 4.52. The second-order valence-electron chi connectivity index (χ2n) is 12.1. The van der Waals surface area contributed by atoms with Crippen LogP contribution < -0.4 is 37.5 Å². The van der Waals surface area contributed by atoms with Gasteiger partial charge in [0, 0.05) is 46.7 Å². The highest BCUT2D eigenvalue weighted by Crippen LogP contribution is 2.36. The van der Waals surface area contributed by atoms with Crippen molar-refractivity contribution >= 4 is 57.6 Å². The SMILES string of the molecule is Cc1ccc(S(=O)(=O)N(Cc2ccccc2)c2ccc(Nc3nc(N4CCCCC4)nc(N4CCC(C(N)=O)CC4)n3)cc2O)cc1.Cl.N.N.[HH].[HH]. The number of nitrogens with zero attached hydrogens (tertiary/aromatic N) is 6. The van der Waals surface area contributed by atoms with Gasteiger partial charge in [0.1, 0.15) is 5.75 Å². The fourth-order valence-electron chi connectivity index (χ4n) is 5.98. The number of halogens is 1. The van der Waals surface area contributed by atoms with Crippen molar-refractivity contribution < 1.29 is 21.2 Å². The molecule has 2 aliphatic heterocycles. The van der Waals surface area contributed by atoms with E-state index in [2.05, 4.69) is 10.2 Å². The molecule has 10 N–H and O–H groups in total. The Kier molecular flexibility index (Phi) is 13.7. The van der Waals surface area contributed by atoms with Crippen LogP contribution in [0.15, 0.2) is 77.7 Å². The van der Waals surface area contributed by atoms with Crippen molar-refractivity contribution in [3.8, 4) is 5.75 Å². The molecular formula is C34H51ClN10O4S. The van der Waals surface area contributed by atoms with Crippen LogP contribution in [0, 0.1) is 12.8 Å². The predicted octanol–water partition coefficient (Wildman–Crippen LogP) is 5.95. The van der Waals surface area contributed by atoms with Gasteiger partial charge in [0.2, 0.25) is 23.8 Å². The van der Waals surface area contributed by atoms with Crippen molar-refractivity contribution in [2.24, 2.45) is 11.7 Å². The van der Waals surface area contributed by atoms with Crippen LogP contribution in [-0.2, 0) is 21.4 Å². The third kappa shape index (κ3) is 9.09. The lowest BCUT2D eigenvalue weighted by Crippen LogP contribution is -2.40. The summed E-state index contributed by atoms with van der Waals surface area (Å²) in [6.45, 7) is 4.80. The first-order valence-corrected chi connectivity index (χ1v) is 17.4. The van der Waals surface area contributed by atoms with Crippen LogP contribution in [0.2, 0.25) is 0 Å². The Morgan fingerprint density at radius 2 is 1.50 bits per heavy atom. The molecule has 0 radical (unpaired) electrons. The maximum Gasteiger partial charge on any atom is 0.264 e. The second-order valence-corrected chi connectivity index (χ2v) is 14.0. The number of anilines is 5. The fourth-order valence-corrected chi connectivity index (χ4v) is 7.44. The number of hydrogen-bond donors (Lipinski definition) is 5. The molecule has 0 unspecified atom stereocenters. The number of sulfonamides is 1. The molecule has 50 heavy (non-hydrogen) atoms. The van der Waals surface area contributed by atoms with Crippen LogP contribution in [0.3, 0.4) is 0 Å². The molecule has 0 atom stereocenters. The highest BCUT2D eigenvalue weighted by Gasteiger charge is 2.29. The lowest BCUT2D eigenvalue weighted by atomic mass is 9.96. The number of hydrogen-bond acceptors (Lipinski definition) is 12. The average molecular weight is 731 g/mol. The number of phenols is 1. The Morgan fingerprint density at radius 3 is 2.08 bits per heavy atom. The number of piperidine rings is 2. The molecule has 4 aromatic rings. The molecule has 6 rings (SSSR count). The summed E-state index contributed by atoms with van der Waals surface area (Å²) in [6, 6.07) is 20.7. The lowest BCUT2D eigenvalue weighted by Gasteiger charge is -2.32. The highest BCUT2D eigenvalue weighted by molar-refractivity contribution is 7.92. The smallest absolute Gasteiger partial charge is 0.264 e. The first-order valence-electron chi connectivity index (χ1n) is 16.0. The lowest BCUT2D eigenvalue weighted by molar-refractivity contribution is -0.122. The summed E-state index contributed by atoms with van der Waals surface area (Å²) in [5.41, 5.74) is 7.88. The first-order chi connectivity index (χ1) is 22.7. The van der Waals surface area contributed by atoms with E-state index in [9.17, 15) is 18.3 Å².